The van der Waals surface area contributed by atoms with Crippen molar-refractivity contribution in [3.63, 3.8) is 0 Å². The monoisotopic (exact) mass is 399 g/mol. The predicted molar refractivity (Wildman–Crippen MR) is 110 cm³/mol. The molecular formula is C21H29N5OS. The van der Waals surface area contributed by atoms with E-state index in [2.05, 4.69) is 53.7 Å². The summed E-state index contributed by atoms with van der Waals surface area (Å²) in [6.45, 7) is 8.24. The van der Waals surface area contributed by atoms with Gasteiger partial charge in [-0.2, -0.15) is 4.68 Å². The molecule has 5 unspecified atom stereocenters. The lowest BCUT2D eigenvalue weighted by atomic mass is 9.84. The molecule has 2 fully saturated rings. The van der Waals surface area contributed by atoms with E-state index in [9.17, 15) is 4.79 Å². The van der Waals surface area contributed by atoms with Crippen molar-refractivity contribution in [1.82, 2.24) is 25.5 Å². The number of aromatic nitrogens is 4. The first-order valence-electron chi connectivity index (χ1n) is 10.3. The van der Waals surface area contributed by atoms with Crippen LogP contribution in [0.3, 0.4) is 0 Å². The molecule has 2 aromatic rings. The SMILES string of the molecule is Cc1ccc(-n2nnnc2SC(C)C(=O)NC(C)C2CC3CCC2C3)cc1C. The molecule has 0 radical (unpaired) electrons. The van der Waals surface area contributed by atoms with Crippen molar-refractivity contribution >= 4 is 17.7 Å². The van der Waals surface area contributed by atoms with Crippen LogP contribution >= 0.6 is 11.8 Å². The maximum Gasteiger partial charge on any atom is 0.233 e. The second kappa shape index (κ2) is 7.85. The summed E-state index contributed by atoms with van der Waals surface area (Å²) in [6.07, 6.45) is 5.36. The van der Waals surface area contributed by atoms with Gasteiger partial charge in [-0.3, -0.25) is 4.79 Å². The summed E-state index contributed by atoms with van der Waals surface area (Å²) >= 11 is 1.40. The summed E-state index contributed by atoms with van der Waals surface area (Å²) in [4.78, 5) is 12.8. The van der Waals surface area contributed by atoms with Crippen molar-refractivity contribution in [3.05, 3.63) is 29.3 Å². The predicted octanol–water partition coefficient (Wildman–Crippen LogP) is 3.70. The van der Waals surface area contributed by atoms with Gasteiger partial charge in [-0.1, -0.05) is 24.2 Å². The molecule has 1 N–H and O–H groups in total. The second-order valence-electron chi connectivity index (χ2n) is 8.54. The molecule has 1 heterocycles. The molecule has 2 saturated carbocycles. The number of fused-ring (bicyclic) bond motifs is 2. The first kappa shape index (κ1) is 19.4. The number of carbonyl (C=O) groups excluding carboxylic acids is 1. The number of rotatable bonds is 6. The summed E-state index contributed by atoms with van der Waals surface area (Å²) in [7, 11) is 0. The van der Waals surface area contributed by atoms with Gasteiger partial charge in [-0.05, 0) is 98.4 Å². The minimum atomic E-state index is -0.252. The molecule has 28 heavy (non-hydrogen) atoms. The molecule has 0 aliphatic heterocycles. The highest BCUT2D eigenvalue weighted by atomic mass is 32.2. The van der Waals surface area contributed by atoms with Crippen LogP contribution in [-0.4, -0.2) is 37.4 Å². The summed E-state index contributed by atoms with van der Waals surface area (Å²) in [5.41, 5.74) is 3.33. The average molecular weight is 400 g/mol. The van der Waals surface area contributed by atoms with Crippen molar-refractivity contribution in [2.75, 3.05) is 0 Å². The van der Waals surface area contributed by atoms with Crippen LogP contribution in [0.25, 0.3) is 5.69 Å². The van der Waals surface area contributed by atoms with Crippen LogP contribution in [0.1, 0.15) is 50.7 Å². The standard InChI is InChI=1S/C21H29N5OS/c1-12-5-8-18(9-13(12)2)26-21(23-24-25-26)28-15(4)20(27)22-14(3)19-11-16-6-7-17(19)10-16/h5,8-9,14-17,19H,6-7,10-11H2,1-4H3,(H,22,27). The highest BCUT2D eigenvalue weighted by Crippen LogP contribution is 2.49. The fraction of sp³-hybridized carbons (Fsp3) is 0.619. The van der Waals surface area contributed by atoms with Gasteiger partial charge in [0.15, 0.2) is 0 Å². The normalized spacial score (nSPS) is 25.6. The van der Waals surface area contributed by atoms with Crippen molar-refractivity contribution in [3.8, 4) is 5.69 Å². The number of hydrogen-bond donors (Lipinski definition) is 1. The molecular weight excluding hydrogens is 370 g/mol. The molecule has 6 nitrogen and oxygen atoms in total. The molecule has 1 aromatic heterocycles. The third-order valence-corrected chi connectivity index (χ3v) is 7.67. The molecule has 7 heteroatoms. The fourth-order valence-corrected chi connectivity index (χ4v) is 5.66. The van der Waals surface area contributed by atoms with Crippen LogP contribution < -0.4 is 5.32 Å². The minimum Gasteiger partial charge on any atom is -0.352 e. The van der Waals surface area contributed by atoms with Crippen molar-refractivity contribution in [1.29, 1.82) is 0 Å². The molecule has 0 spiro atoms. The van der Waals surface area contributed by atoms with E-state index in [-0.39, 0.29) is 17.2 Å². The van der Waals surface area contributed by atoms with E-state index in [1.807, 2.05) is 13.0 Å². The molecule has 2 aliphatic rings. The zero-order valence-electron chi connectivity index (χ0n) is 17.1. The molecule has 0 saturated heterocycles. The maximum atomic E-state index is 12.8. The van der Waals surface area contributed by atoms with Gasteiger partial charge in [0.05, 0.1) is 10.9 Å². The molecule has 2 bridgehead atoms. The van der Waals surface area contributed by atoms with E-state index in [0.717, 1.165) is 17.5 Å². The Balaban J connectivity index is 1.39. The van der Waals surface area contributed by atoms with E-state index in [0.29, 0.717) is 11.1 Å². The van der Waals surface area contributed by atoms with Gasteiger partial charge < -0.3 is 5.32 Å². The third-order valence-electron chi connectivity index (χ3n) is 6.63. The van der Waals surface area contributed by atoms with Gasteiger partial charge in [-0.15, -0.1) is 5.10 Å². The van der Waals surface area contributed by atoms with Crippen LogP contribution in [0.5, 0.6) is 0 Å². The number of nitrogens with one attached hydrogen (secondary N) is 1. The molecule has 1 amide bonds. The number of hydrogen-bond acceptors (Lipinski definition) is 5. The van der Waals surface area contributed by atoms with Gasteiger partial charge >= 0.3 is 0 Å². The molecule has 5 atom stereocenters. The van der Waals surface area contributed by atoms with Crippen LogP contribution in [0.4, 0.5) is 0 Å². The Kier molecular flexibility index (Phi) is 5.45. The van der Waals surface area contributed by atoms with E-state index in [4.69, 9.17) is 0 Å². The molecule has 2 aliphatic carbocycles. The van der Waals surface area contributed by atoms with Gasteiger partial charge in [0, 0.05) is 6.04 Å². The number of carbonyl (C=O) groups is 1. The van der Waals surface area contributed by atoms with Crippen molar-refractivity contribution in [2.24, 2.45) is 17.8 Å². The maximum absolute atomic E-state index is 12.8. The lowest BCUT2D eigenvalue weighted by molar-refractivity contribution is -0.121. The quantitative estimate of drug-likeness (QED) is 0.750. The van der Waals surface area contributed by atoms with E-state index >= 15 is 0 Å². The van der Waals surface area contributed by atoms with Crippen molar-refractivity contribution in [2.45, 2.75) is 69.8 Å². The summed E-state index contributed by atoms with van der Waals surface area (Å²) in [5, 5.41) is 15.7. The number of tetrazole rings is 1. The van der Waals surface area contributed by atoms with Gasteiger partial charge in [0.1, 0.15) is 0 Å². The summed E-state index contributed by atoms with van der Waals surface area (Å²) in [5.74, 6) is 2.40. The fourth-order valence-electron chi connectivity index (χ4n) is 4.84. The largest absolute Gasteiger partial charge is 0.352 e. The Hall–Kier alpha value is -1.89. The summed E-state index contributed by atoms with van der Waals surface area (Å²) in [6, 6.07) is 6.37. The number of amides is 1. The second-order valence-corrected chi connectivity index (χ2v) is 9.85. The Morgan fingerprint density at radius 2 is 2.04 bits per heavy atom. The van der Waals surface area contributed by atoms with Crippen LogP contribution in [0.15, 0.2) is 23.4 Å². The lowest BCUT2D eigenvalue weighted by Gasteiger charge is -2.29. The Labute approximate surface area is 170 Å². The zero-order chi connectivity index (χ0) is 19.8. The first-order chi connectivity index (χ1) is 13.4. The highest BCUT2D eigenvalue weighted by molar-refractivity contribution is 8.00. The third kappa shape index (κ3) is 3.81. The number of nitrogens with zero attached hydrogens (tertiary/aromatic N) is 4. The Morgan fingerprint density at radius 1 is 1.21 bits per heavy atom. The van der Waals surface area contributed by atoms with Gasteiger partial charge in [0.25, 0.3) is 0 Å². The average Bonchev–Trinajstić information content (AvgIpc) is 3.40. The van der Waals surface area contributed by atoms with Crippen LogP contribution in [0, 0.1) is 31.6 Å². The number of benzene rings is 1. The Morgan fingerprint density at radius 3 is 2.71 bits per heavy atom. The number of aryl methyl sites for hydroxylation is 2. The van der Waals surface area contributed by atoms with E-state index < -0.39 is 0 Å². The van der Waals surface area contributed by atoms with Crippen molar-refractivity contribution < 1.29 is 4.79 Å². The van der Waals surface area contributed by atoms with Crippen LogP contribution in [0.2, 0.25) is 0 Å². The highest BCUT2D eigenvalue weighted by Gasteiger charge is 2.42. The Bertz CT molecular complexity index is 866. The smallest absolute Gasteiger partial charge is 0.233 e. The first-order valence-corrected chi connectivity index (χ1v) is 11.1. The van der Waals surface area contributed by atoms with E-state index in [1.54, 1.807) is 4.68 Å². The van der Waals surface area contributed by atoms with Gasteiger partial charge in [0.2, 0.25) is 11.1 Å². The topological polar surface area (TPSA) is 72.7 Å². The summed E-state index contributed by atoms with van der Waals surface area (Å²) < 4.78 is 1.71. The van der Waals surface area contributed by atoms with Crippen LogP contribution in [-0.2, 0) is 4.79 Å². The minimum absolute atomic E-state index is 0.0647. The molecule has 1 aromatic carbocycles. The lowest BCUT2D eigenvalue weighted by Crippen LogP contribution is -2.43. The molecule has 150 valence electrons. The molecule has 4 rings (SSSR count). The zero-order valence-corrected chi connectivity index (χ0v) is 17.9. The number of thioether (sulfide) groups is 1. The van der Waals surface area contributed by atoms with Gasteiger partial charge in [-0.25, -0.2) is 0 Å². The van der Waals surface area contributed by atoms with E-state index in [1.165, 1.54) is 48.6 Å².